The normalized spacial score (nSPS) is 17.1. The van der Waals surface area contributed by atoms with E-state index in [1.807, 2.05) is 13.0 Å². The van der Waals surface area contributed by atoms with Crippen molar-refractivity contribution in [2.45, 2.75) is 26.2 Å². The van der Waals surface area contributed by atoms with Crippen LogP contribution in [-0.2, 0) is 4.79 Å². The first-order valence-electron chi connectivity index (χ1n) is 6.29. The fraction of sp³-hybridized carbons (Fsp3) is 0.462. The molecule has 100 valence electrons. The molecule has 0 bridgehead atoms. The number of hydrogen-bond acceptors (Lipinski definition) is 5. The molecule has 0 atom stereocenters. The molecule has 2 aromatic rings. The van der Waals surface area contributed by atoms with Crippen molar-refractivity contribution < 1.29 is 9.90 Å². The van der Waals surface area contributed by atoms with Crippen molar-refractivity contribution in [3.8, 4) is 0 Å². The van der Waals surface area contributed by atoms with Crippen LogP contribution in [0.4, 0.5) is 5.82 Å². The molecule has 0 unspecified atom stereocenters. The molecule has 0 radical (unpaired) electrons. The van der Waals surface area contributed by atoms with E-state index in [0.29, 0.717) is 6.54 Å². The van der Waals surface area contributed by atoms with Crippen LogP contribution in [0.2, 0.25) is 0 Å². The minimum Gasteiger partial charge on any atom is -0.481 e. The summed E-state index contributed by atoms with van der Waals surface area (Å²) in [5, 5.41) is 13.5. The molecule has 6 heteroatoms. The van der Waals surface area contributed by atoms with Crippen LogP contribution in [0.1, 0.15) is 24.1 Å². The Labute approximate surface area is 114 Å². The van der Waals surface area contributed by atoms with Gasteiger partial charge in [-0.15, -0.1) is 11.3 Å². The average molecular weight is 277 g/mol. The van der Waals surface area contributed by atoms with Gasteiger partial charge in [-0.3, -0.25) is 4.79 Å². The smallest absolute Gasteiger partial charge is 0.311 e. The van der Waals surface area contributed by atoms with E-state index < -0.39 is 11.4 Å². The number of aryl methyl sites for hydroxylation is 1. The number of thiophene rings is 1. The summed E-state index contributed by atoms with van der Waals surface area (Å²) >= 11 is 1.62. The Kier molecular flexibility index (Phi) is 2.89. The van der Waals surface area contributed by atoms with Gasteiger partial charge in [0.05, 0.1) is 10.8 Å². The molecule has 1 aliphatic rings. The van der Waals surface area contributed by atoms with Gasteiger partial charge in [-0.1, -0.05) is 6.42 Å². The summed E-state index contributed by atoms with van der Waals surface area (Å²) in [6, 6.07) is 2.04. The summed E-state index contributed by atoms with van der Waals surface area (Å²) in [6.45, 7) is 2.46. The minimum atomic E-state index is -0.710. The molecule has 1 fully saturated rings. The van der Waals surface area contributed by atoms with Gasteiger partial charge in [0.2, 0.25) is 0 Å². The second-order valence-electron chi connectivity index (χ2n) is 5.09. The maximum Gasteiger partial charge on any atom is 0.311 e. The molecule has 5 nitrogen and oxygen atoms in total. The fourth-order valence-electron chi connectivity index (χ4n) is 2.44. The van der Waals surface area contributed by atoms with Crippen molar-refractivity contribution in [1.29, 1.82) is 0 Å². The number of rotatable bonds is 4. The molecule has 0 aliphatic heterocycles. The largest absolute Gasteiger partial charge is 0.481 e. The minimum absolute atomic E-state index is 0.434. The highest BCUT2D eigenvalue weighted by molar-refractivity contribution is 7.18. The van der Waals surface area contributed by atoms with Crippen LogP contribution in [0, 0.1) is 12.3 Å². The van der Waals surface area contributed by atoms with E-state index >= 15 is 0 Å². The number of carboxylic acid groups (broad SMARTS) is 1. The van der Waals surface area contributed by atoms with Crippen LogP contribution in [0.25, 0.3) is 10.2 Å². The number of carbonyl (C=O) groups is 1. The van der Waals surface area contributed by atoms with Crippen molar-refractivity contribution in [2.75, 3.05) is 11.9 Å². The lowest BCUT2D eigenvalue weighted by molar-refractivity contribution is -0.153. The third kappa shape index (κ3) is 2.06. The first-order chi connectivity index (χ1) is 9.11. The average Bonchev–Trinajstić information content (AvgIpc) is 2.68. The van der Waals surface area contributed by atoms with E-state index in [9.17, 15) is 9.90 Å². The van der Waals surface area contributed by atoms with E-state index in [1.54, 1.807) is 11.3 Å². The summed E-state index contributed by atoms with van der Waals surface area (Å²) in [6.07, 6.45) is 4.00. The van der Waals surface area contributed by atoms with Gasteiger partial charge >= 0.3 is 5.97 Å². The lowest BCUT2D eigenvalue weighted by Gasteiger charge is -2.37. The van der Waals surface area contributed by atoms with Gasteiger partial charge in [-0.25, -0.2) is 9.97 Å². The highest BCUT2D eigenvalue weighted by atomic mass is 32.1. The Bertz CT molecular complexity index is 634. The van der Waals surface area contributed by atoms with Crippen LogP contribution in [0.5, 0.6) is 0 Å². The molecular formula is C13H15N3O2S. The van der Waals surface area contributed by atoms with Crippen molar-refractivity contribution in [3.63, 3.8) is 0 Å². The van der Waals surface area contributed by atoms with Gasteiger partial charge in [0.1, 0.15) is 17.0 Å². The molecule has 2 heterocycles. The molecule has 2 aromatic heterocycles. The zero-order chi connectivity index (χ0) is 13.5. The number of hydrogen-bond donors (Lipinski definition) is 2. The number of nitrogens with zero attached hydrogens (tertiary/aromatic N) is 2. The van der Waals surface area contributed by atoms with E-state index in [1.165, 1.54) is 11.2 Å². The number of aliphatic carboxylic acids is 1. The standard InChI is InChI=1S/C13H15N3O2S/c1-8-5-9-10(15-7-16-11(9)19-8)14-6-13(12(17)18)3-2-4-13/h5,7H,2-4,6H2,1H3,(H,17,18)(H,14,15,16). The van der Waals surface area contributed by atoms with Gasteiger partial charge < -0.3 is 10.4 Å². The summed E-state index contributed by atoms with van der Waals surface area (Å²) in [7, 11) is 0. The summed E-state index contributed by atoms with van der Waals surface area (Å²) in [4.78, 5) is 21.9. The quantitative estimate of drug-likeness (QED) is 0.898. The zero-order valence-corrected chi connectivity index (χ0v) is 11.5. The second kappa shape index (κ2) is 4.45. The first kappa shape index (κ1) is 12.3. The Morgan fingerprint density at radius 2 is 2.32 bits per heavy atom. The molecule has 1 saturated carbocycles. The SMILES string of the molecule is Cc1cc2c(NCC3(C(=O)O)CCC3)ncnc2s1. The number of carboxylic acids is 1. The van der Waals surface area contributed by atoms with Crippen molar-refractivity contribution in [2.24, 2.45) is 5.41 Å². The number of nitrogens with one attached hydrogen (secondary N) is 1. The summed E-state index contributed by atoms with van der Waals surface area (Å²) in [5.74, 6) is 0.0277. The molecular weight excluding hydrogens is 262 g/mol. The topological polar surface area (TPSA) is 75.1 Å². The van der Waals surface area contributed by atoms with Crippen LogP contribution in [0.3, 0.4) is 0 Å². The zero-order valence-electron chi connectivity index (χ0n) is 10.6. The van der Waals surface area contributed by atoms with Crippen molar-refractivity contribution in [3.05, 3.63) is 17.3 Å². The fourth-order valence-corrected chi connectivity index (χ4v) is 3.29. The number of aromatic nitrogens is 2. The molecule has 1 aliphatic carbocycles. The van der Waals surface area contributed by atoms with Crippen molar-refractivity contribution in [1.82, 2.24) is 9.97 Å². The van der Waals surface area contributed by atoms with E-state index in [-0.39, 0.29) is 0 Å². The van der Waals surface area contributed by atoms with E-state index in [2.05, 4.69) is 15.3 Å². The summed E-state index contributed by atoms with van der Waals surface area (Å²) in [5.41, 5.74) is -0.609. The molecule has 2 N–H and O–H groups in total. The van der Waals surface area contributed by atoms with Crippen LogP contribution >= 0.6 is 11.3 Å². The van der Waals surface area contributed by atoms with E-state index in [4.69, 9.17) is 0 Å². The van der Waals surface area contributed by atoms with Gasteiger partial charge in [0, 0.05) is 11.4 Å². The Morgan fingerprint density at radius 1 is 1.53 bits per heavy atom. The molecule has 19 heavy (non-hydrogen) atoms. The first-order valence-corrected chi connectivity index (χ1v) is 7.11. The van der Waals surface area contributed by atoms with Crippen LogP contribution in [-0.4, -0.2) is 27.6 Å². The Hall–Kier alpha value is -1.69. The van der Waals surface area contributed by atoms with Gasteiger partial charge in [0.25, 0.3) is 0 Å². The van der Waals surface area contributed by atoms with E-state index in [0.717, 1.165) is 35.3 Å². The molecule has 0 amide bonds. The highest BCUT2D eigenvalue weighted by Gasteiger charge is 2.44. The highest BCUT2D eigenvalue weighted by Crippen LogP contribution is 2.41. The number of fused-ring (bicyclic) bond motifs is 1. The predicted octanol–water partition coefficient (Wildman–Crippen LogP) is 2.67. The molecule has 0 saturated heterocycles. The molecule has 3 rings (SSSR count). The molecule has 0 spiro atoms. The number of anilines is 1. The predicted molar refractivity (Wildman–Crippen MR) is 74.6 cm³/mol. The second-order valence-corrected chi connectivity index (χ2v) is 6.33. The molecule has 0 aromatic carbocycles. The van der Waals surface area contributed by atoms with Crippen LogP contribution < -0.4 is 5.32 Å². The summed E-state index contributed by atoms with van der Waals surface area (Å²) < 4.78 is 0. The lowest BCUT2D eigenvalue weighted by atomic mass is 9.69. The Morgan fingerprint density at radius 3 is 2.95 bits per heavy atom. The van der Waals surface area contributed by atoms with Gasteiger partial charge in [0.15, 0.2) is 0 Å². The monoisotopic (exact) mass is 277 g/mol. The maximum absolute atomic E-state index is 11.3. The third-order valence-electron chi connectivity index (χ3n) is 3.81. The van der Waals surface area contributed by atoms with Gasteiger partial charge in [-0.2, -0.15) is 0 Å². The van der Waals surface area contributed by atoms with Crippen LogP contribution in [0.15, 0.2) is 12.4 Å². The maximum atomic E-state index is 11.3. The van der Waals surface area contributed by atoms with Crippen molar-refractivity contribution >= 4 is 33.3 Å². The Balaban J connectivity index is 1.84. The van der Waals surface area contributed by atoms with Gasteiger partial charge in [-0.05, 0) is 25.8 Å². The third-order valence-corrected chi connectivity index (χ3v) is 4.77. The lowest BCUT2D eigenvalue weighted by Crippen LogP contribution is -2.43.